The predicted molar refractivity (Wildman–Crippen MR) is 85.5 cm³/mol. The van der Waals surface area contributed by atoms with E-state index in [9.17, 15) is 8.42 Å². The summed E-state index contributed by atoms with van der Waals surface area (Å²) in [6, 6.07) is 6.67. The molecule has 0 spiro atoms. The summed E-state index contributed by atoms with van der Waals surface area (Å²) < 4.78 is 33.7. The Balaban J connectivity index is 1.77. The van der Waals surface area contributed by atoms with Crippen molar-refractivity contribution in [1.29, 1.82) is 0 Å². The number of benzene rings is 1. The quantitative estimate of drug-likeness (QED) is 0.902. The van der Waals surface area contributed by atoms with Crippen molar-refractivity contribution in [2.45, 2.75) is 44.2 Å². The van der Waals surface area contributed by atoms with Gasteiger partial charge in [0.1, 0.15) is 16.7 Å². The standard InChI is InChI=1S/C16H24N2O3S/c1-16(2,3)8-9-18-10-12-14(11-18)21-13-6-4-5-7-15(13)22(19,20)17-12/h4-7,12,14,17H,8-11H2,1-3H3/t12-,14+/m1/s1. The molecule has 5 nitrogen and oxygen atoms in total. The van der Waals surface area contributed by atoms with Gasteiger partial charge in [0, 0.05) is 13.1 Å². The molecule has 0 aromatic heterocycles. The second-order valence-corrected chi connectivity index (χ2v) is 9.08. The second-order valence-electron chi connectivity index (χ2n) is 7.40. The van der Waals surface area contributed by atoms with Crippen molar-refractivity contribution in [3.8, 4) is 5.75 Å². The second kappa shape index (κ2) is 5.51. The van der Waals surface area contributed by atoms with E-state index in [1.807, 2.05) is 0 Å². The first-order valence-corrected chi connectivity index (χ1v) is 9.23. The van der Waals surface area contributed by atoms with E-state index in [0.29, 0.717) is 12.3 Å². The maximum absolute atomic E-state index is 12.4. The van der Waals surface area contributed by atoms with Crippen LogP contribution in [0.1, 0.15) is 27.2 Å². The third-order valence-electron chi connectivity index (χ3n) is 4.24. The lowest BCUT2D eigenvalue weighted by Crippen LogP contribution is -2.42. The lowest BCUT2D eigenvalue weighted by Gasteiger charge is -2.23. The van der Waals surface area contributed by atoms with E-state index in [0.717, 1.165) is 19.5 Å². The van der Waals surface area contributed by atoms with E-state index in [2.05, 4.69) is 30.4 Å². The molecule has 1 saturated heterocycles. The van der Waals surface area contributed by atoms with E-state index in [1.54, 1.807) is 24.3 Å². The summed E-state index contributed by atoms with van der Waals surface area (Å²) in [5.41, 5.74) is 0.275. The van der Waals surface area contributed by atoms with Crippen molar-refractivity contribution in [3.63, 3.8) is 0 Å². The summed E-state index contributed by atoms with van der Waals surface area (Å²) >= 11 is 0. The average molecular weight is 324 g/mol. The SMILES string of the molecule is CC(C)(C)CCN1C[C@@H]2Oc3ccccc3S(=O)(=O)N[C@@H]2C1. The van der Waals surface area contributed by atoms with Crippen LogP contribution in [-0.4, -0.2) is 45.1 Å². The van der Waals surface area contributed by atoms with Gasteiger partial charge in [0.15, 0.2) is 0 Å². The highest BCUT2D eigenvalue weighted by Gasteiger charge is 2.41. The van der Waals surface area contributed by atoms with Crippen LogP contribution in [0.5, 0.6) is 5.75 Å². The van der Waals surface area contributed by atoms with E-state index < -0.39 is 10.0 Å². The van der Waals surface area contributed by atoms with Crippen LogP contribution in [0, 0.1) is 5.41 Å². The molecule has 2 heterocycles. The molecule has 2 aliphatic heterocycles. The number of sulfonamides is 1. The number of likely N-dealkylation sites (tertiary alicyclic amines) is 1. The number of rotatable bonds is 2. The van der Waals surface area contributed by atoms with Crippen molar-refractivity contribution in [2.24, 2.45) is 5.41 Å². The normalized spacial score (nSPS) is 27.6. The van der Waals surface area contributed by atoms with E-state index in [-0.39, 0.29) is 22.5 Å². The molecule has 2 atom stereocenters. The molecule has 2 aliphatic rings. The zero-order chi connectivity index (χ0) is 16.0. The maximum Gasteiger partial charge on any atom is 0.244 e. The van der Waals surface area contributed by atoms with Crippen LogP contribution in [0.3, 0.4) is 0 Å². The van der Waals surface area contributed by atoms with Gasteiger partial charge in [0.25, 0.3) is 0 Å². The number of ether oxygens (including phenoxy) is 1. The average Bonchev–Trinajstić information content (AvgIpc) is 2.73. The fourth-order valence-corrected chi connectivity index (χ4v) is 4.35. The molecular formula is C16H24N2O3S. The van der Waals surface area contributed by atoms with Gasteiger partial charge < -0.3 is 4.74 Å². The number of hydrogen-bond donors (Lipinski definition) is 1. The molecule has 0 bridgehead atoms. The number of hydrogen-bond acceptors (Lipinski definition) is 4. The lowest BCUT2D eigenvalue weighted by atomic mass is 9.92. The molecule has 1 aromatic rings. The Morgan fingerprint density at radius 2 is 2.00 bits per heavy atom. The van der Waals surface area contributed by atoms with Crippen LogP contribution >= 0.6 is 0 Å². The lowest BCUT2D eigenvalue weighted by molar-refractivity contribution is 0.180. The van der Waals surface area contributed by atoms with Crippen molar-refractivity contribution in [3.05, 3.63) is 24.3 Å². The Morgan fingerprint density at radius 1 is 1.27 bits per heavy atom. The molecule has 0 radical (unpaired) electrons. The monoisotopic (exact) mass is 324 g/mol. The molecule has 0 unspecified atom stereocenters. The van der Waals surface area contributed by atoms with Gasteiger partial charge >= 0.3 is 0 Å². The highest BCUT2D eigenvalue weighted by molar-refractivity contribution is 7.89. The maximum atomic E-state index is 12.4. The third kappa shape index (κ3) is 3.29. The summed E-state index contributed by atoms with van der Waals surface area (Å²) in [6.07, 6.45) is 0.953. The van der Waals surface area contributed by atoms with Crippen molar-refractivity contribution in [1.82, 2.24) is 9.62 Å². The highest BCUT2D eigenvalue weighted by atomic mass is 32.2. The number of nitrogens with zero attached hydrogens (tertiary/aromatic N) is 1. The first-order valence-electron chi connectivity index (χ1n) is 7.75. The smallest absolute Gasteiger partial charge is 0.244 e. The largest absolute Gasteiger partial charge is 0.486 e. The minimum atomic E-state index is -3.50. The van der Waals surface area contributed by atoms with Crippen LogP contribution in [0.25, 0.3) is 0 Å². The minimum Gasteiger partial charge on any atom is -0.486 e. The van der Waals surface area contributed by atoms with Crippen molar-refractivity contribution in [2.75, 3.05) is 19.6 Å². The Labute approximate surface area is 132 Å². The first-order chi connectivity index (χ1) is 10.2. The Bertz CT molecular complexity index is 652. The van der Waals surface area contributed by atoms with Gasteiger partial charge in [-0.05, 0) is 30.5 Å². The fraction of sp³-hybridized carbons (Fsp3) is 0.625. The van der Waals surface area contributed by atoms with Gasteiger partial charge in [0.05, 0.1) is 6.04 Å². The number of para-hydroxylation sites is 1. The Kier molecular flexibility index (Phi) is 3.95. The van der Waals surface area contributed by atoms with Crippen molar-refractivity contribution < 1.29 is 13.2 Å². The molecule has 6 heteroatoms. The molecule has 0 saturated carbocycles. The Hall–Kier alpha value is -1.11. The summed E-state index contributed by atoms with van der Waals surface area (Å²) in [6.45, 7) is 9.08. The number of fused-ring (bicyclic) bond motifs is 2. The molecule has 3 rings (SSSR count). The van der Waals surface area contributed by atoms with Gasteiger partial charge in [-0.1, -0.05) is 32.9 Å². The zero-order valence-corrected chi connectivity index (χ0v) is 14.2. The van der Waals surface area contributed by atoms with Crippen LogP contribution < -0.4 is 9.46 Å². The van der Waals surface area contributed by atoms with Crippen LogP contribution in [0.15, 0.2) is 29.2 Å². The zero-order valence-electron chi connectivity index (χ0n) is 13.4. The van der Waals surface area contributed by atoms with Crippen molar-refractivity contribution >= 4 is 10.0 Å². The highest BCUT2D eigenvalue weighted by Crippen LogP contribution is 2.31. The molecule has 22 heavy (non-hydrogen) atoms. The summed E-state index contributed by atoms with van der Waals surface area (Å²) in [4.78, 5) is 2.53. The van der Waals surface area contributed by atoms with Gasteiger partial charge in [-0.3, -0.25) is 4.90 Å². The topological polar surface area (TPSA) is 58.6 Å². The predicted octanol–water partition coefficient (Wildman–Crippen LogP) is 1.85. The van der Waals surface area contributed by atoms with Crippen LogP contribution in [0.2, 0.25) is 0 Å². The summed E-state index contributed by atoms with van der Waals surface area (Å²) in [7, 11) is -3.50. The van der Waals surface area contributed by atoms with Crippen LogP contribution in [-0.2, 0) is 10.0 Å². The summed E-state index contributed by atoms with van der Waals surface area (Å²) in [5, 5.41) is 0. The number of nitrogens with one attached hydrogen (secondary N) is 1. The van der Waals surface area contributed by atoms with E-state index in [1.165, 1.54) is 0 Å². The van der Waals surface area contributed by atoms with Crippen LogP contribution in [0.4, 0.5) is 0 Å². The molecule has 122 valence electrons. The third-order valence-corrected chi connectivity index (χ3v) is 5.77. The molecule has 0 amide bonds. The molecule has 1 fully saturated rings. The van der Waals surface area contributed by atoms with E-state index >= 15 is 0 Å². The summed E-state index contributed by atoms with van der Waals surface area (Å²) in [5.74, 6) is 0.458. The van der Waals surface area contributed by atoms with Gasteiger partial charge in [-0.15, -0.1) is 0 Å². The van der Waals surface area contributed by atoms with Gasteiger partial charge in [-0.25, -0.2) is 13.1 Å². The van der Waals surface area contributed by atoms with Gasteiger partial charge in [0.2, 0.25) is 10.0 Å². The molecule has 0 aliphatic carbocycles. The minimum absolute atomic E-state index is 0.126. The van der Waals surface area contributed by atoms with Gasteiger partial charge in [-0.2, -0.15) is 0 Å². The Morgan fingerprint density at radius 3 is 2.73 bits per heavy atom. The first kappa shape index (κ1) is 15.8. The molecular weight excluding hydrogens is 300 g/mol. The fourth-order valence-electron chi connectivity index (χ4n) is 2.96. The molecule has 1 N–H and O–H groups in total. The molecule has 1 aromatic carbocycles. The van der Waals surface area contributed by atoms with E-state index in [4.69, 9.17) is 4.74 Å².